The maximum absolute atomic E-state index is 9.58. The Bertz CT molecular complexity index is 318. The molecule has 0 heterocycles. The molecule has 0 bridgehead atoms. The van der Waals surface area contributed by atoms with Gasteiger partial charge >= 0.3 is 0 Å². The highest BCUT2D eigenvalue weighted by molar-refractivity contribution is 7.99. The SMILES string of the molecule is CC1(CSc2ccccc2O)CCC1. The van der Waals surface area contributed by atoms with Gasteiger partial charge in [0.15, 0.2) is 0 Å². The quantitative estimate of drug-likeness (QED) is 0.765. The summed E-state index contributed by atoms with van der Waals surface area (Å²) in [7, 11) is 0. The van der Waals surface area contributed by atoms with Crippen molar-refractivity contribution in [3.05, 3.63) is 24.3 Å². The summed E-state index contributed by atoms with van der Waals surface area (Å²) in [4.78, 5) is 1.01. The van der Waals surface area contributed by atoms with Crippen LogP contribution >= 0.6 is 11.8 Å². The van der Waals surface area contributed by atoms with E-state index in [1.165, 1.54) is 19.3 Å². The van der Waals surface area contributed by atoms with Gasteiger partial charge in [-0.15, -0.1) is 11.8 Å². The largest absolute Gasteiger partial charge is 0.507 e. The summed E-state index contributed by atoms with van der Waals surface area (Å²) in [5.74, 6) is 1.55. The fourth-order valence-electron chi connectivity index (χ4n) is 1.76. The van der Waals surface area contributed by atoms with Gasteiger partial charge in [0.25, 0.3) is 0 Å². The molecule has 1 N–H and O–H groups in total. The molecule has 0 amide bonds. The van der Waals surface area contributed by atoms with Crippen molar-refractivity contribution in [2.75, 3.05) is 5.75 Å². The molecule has 76 valence electrons. The van der Waals surface area contributed by atoms with Gasteiger partial charge in [-0.25, -0.2) is 0 Å². The normalized spacial score (nSPS) is 18.9. The van der Waals surface area contributed by atoms with Crippen molar-refractivity contribution in [2.45, 2.75) is 31.1 Å². The van der Waals surface area contributed by atoms with Crippen LogP contribution in [0.5, 0.6) is 5.75 Å². The van der Waals surface area contributed by atoms with Crippen molar-refractivity contribution < 1.29 is 5.11 Å². The van der Waals surface area contributed by atoms with Crippen LogP contribution in [-0.2, 0) is 0 Å². The van der Waals surface area contributed by atoms with Gasteiger partial charge in [-0.1, -0.05) is 25.5 Å². The zero-order chi connectivity index (χ0) is 10.0. The first-order chi connectivity index (χ1) is 6.70. The third-order valence-corrected chi connectivity index (χ3v) is 4.50. The van der Waals surface area contributed by atoms with E-state index in [0.29, 0.717) is 11.2 Å². The van der Waals surface area contributed by atoms with E-state index in [1.807, 2.05) is 18.2 Å². The molecule has 2 rings (SSSR count). The second-order valence-electron chi connectivity index (χ2n) is 4.42. The van der Waals surface area contributed by atoms with Gasteiger partial charge in [-0.2, -0.15) is 0 Å². The molecular weight excluding hydrogens is 192 g/mol. The smallest absolute Gasteiger partial charge is 0.129 e. The van der Waals surface area contributed by atoms with E-state index < -0.39 is 0 Å². The highest BCUT2D eigenvalue weighted by atomic mass is 32.2. The van der Waals surface area contributed by atoms with Crippen molar-refractivity contribution in [1.82, 2.24) is 0 Å². The number of phenols is 1. The predicted octanol–water partition coefficient (Wildman–Crippen LogP) is 3.67. The zero-order valence-electron chi connectivity index (χ0n) is 8.49. The molecule has 2 heteroatoms. The molecule has 1 saturated carbocycles. The summed E-state index contributed by atoms with van der Waals surface area (Å²) in [5.41, 5.74) is 0.521. The Hall–Kier alpha value is -0.630. The van der Waals surface area contributed by atoms with E-state index in [1.54, 1.807) is 17.8 Å². The first kappa shape index (κ1) is 9.91. The second-order valence-corrected chi connectivity index (χ2v) is 5.44. The van der Waals surface area contributed by atoms with Gasteiger partial charge in [-0.3, -0.25) is 0 Å². The lowest BCUT2D eigenvalue weighted by atomic mass is 9.72. The average molecular weight is 208 g/mol. The van der Waals surface area contributed by atoms with Crippen LogP contribution in [0.1, 0.15) is 26.2 Å². The third kappa shape index (κ3) is 2.06. The molecule has 1 nitrogen and oxygen atoms in total. The molecule has 1 fully saturated rings. The van der Waals surface area contributed by atoms with Gasteiger partial charge in [0.2, 0.25) is 0 Å². The first-order valence-corrected chi connectivity index (χ1v) is 6.09. The summed E-state index contributed by atoms with van der Waals surface area (Å²) >= 11 is 1.78. The molecule has 1 aromatic rings. The van der Waals surface area contributed by atoms with E-state index in [2.05, 4.69) is 6.92 Å². The Kier molecular flexibility index (Phi) is 2.73. The van der Waals surface area contributed by atoms with Gasteiger partial charge < -0.3 is 5.11 Å². The van der Waals surface area contributed by atoms with Crippen molar-refractivity contribution in [2.24, 2.45) is 5.41 Å². The highest BCUT2D eigenvalue weighted by Gasteiger charge is 2.31. The van der Waals surface area contributed by atoms with Crippen LogP contribution in [0.3, 0.4) is 0 Å². The summed E-state index contributed by atoms with van der Waals surface area (Å²) in [5, 5.41) is 9.58. The van der Waals surface area contributed by atoms with E-state index in [0.717, 1.165) is 10.6 Å². The van der Waals surface area contributed by atoms with Crippen LogP contribution in [0, 0.1) is 5.41 Å². The lowest BCUT2D eigenvalue weighted by Gasteiger charge is -2.38. The molecule has 14 heavy (non-hydrogen) atoms. The standard InChI is InChI=1S/C12H16OS/c1-12(7-4-8-12)9-14-11-6-3-2-5-10(11)13/h2-3,5-6,13H,4,7-9H2,1H3. The van der Waals surface area contributed by atoms with Crippen LogP contribution in [0.2, 0.25) is 0 Å². The van der Waals surface area contributed by atoms with Crippen molar-refractivity contribution in [3.8, 4) is 5.75 Å². The number of para-hydroxylation sites is 1. The van der Waals surface area contributed by atoms with Crippen LogP contribution in [0.25, 0.3) is 0 Å². The molecule has 1 aromatic carbocycles. The fourth-order valence-corrected chi connectivity index (χ4v) is 2.94. The number of benzene rings is 1. The summed E-state index contributed by atoms with van der Waals surface area (Å²) in [6, 6.07) is 7.59. The average Bonchev–Trinajstić information content (AvgIpc) is 2.14. The monoisotopic (exact) mass is 208 g/mol. The second kappa shape index (κ2) is 3.85. The molecule has 0 unspecified atom stereocenters. The Balaban J connectivity index is 1.95. The van der Waals surface area contributed by atoms with Crippen LogP contribution in [0.4, 0.5) is 0 Å². The Morgan fingerprint density at radius 3 is 2.64 bits per heavy atom. The van der Waals surface area contributed by atoms with Gasteiger partial charge in [0, 0.05) is 10.6 Å². The topological polar surface area (TPSA) is 20.2 Å². The van der Waals surface area contributed by atoms with E-state index >= 15 is 0 Å². The number of phenolic OH excluding ortho intramolecular Hbond substituents is 1. The number of hydrogen-bond acceptors (Lipinski definition) is 2. The highest BCUT2D eigenvalue weighted by Crippen LogP contribution is 2.45. The Morgan fingerprint density at radius 2 is 2.07 bits per heavy atom. The predicted molar refractivity (Wildman–Crippen MR) is 60.8 cm³/mol. The molecule has 0 aromatic heterocycles. The van der Waals surface area contributed by atoms with Gasteiger partial charge in [0.1, 0.15) is 5.75 Å². The molecule has 0 aliphatic heterocycles. The molecule has 1 aliphatic rings. The van der Waals surface area contributed by atoms with Crippen LogP contribution < -0.4 is 0 Å². The first-order valence-electron chi connectivity index (χ1n) is 5.10. The molecule has 0 saturated heterocycles. The number of thioether (sulfide) groups is 1. The Morgan fingerprint density at radius 1 is 1.36 bits per heavy atom. The zero-order valence-corrected chi connectivity index (χ0v) is 9.31. The van der Waals surface area contributed by atoms with Crippen molar-refractivity contribution in [1.29, 1.82) is 0 Å². The van der Waals surface area contributed by atoms with Crippen LogP contribution in [0.15, 0.2) is 29.2 Å². The fraction of sp³-hybridized carbons (Fsp3) is 0.500. The Labute approximate surface area is 89.5 Å². The lowest BCUT2D eigenvalue weighted by molar-refractivity contribution is 0.197. The molecule has 0 spiro atoms. The summed E-state index contributed by atoms with van der Waals surface area (Å²) in [6.45, 7) is 2.34. The molecule has 0 radical (unpaired) electrons. The van der Waals surface area contributed by atoms with Gasteiger partial charge in [-0.05, 0) is 30.4 Å². The van der Waals surface area contributed by atoms with Gasteiger partial charge in [0.05, 0.1) is 0 Å². The minimum absolute atomic E-state index is 0.417. The van der Waals surface area contributed by atoms with Crippen LogP contribution in [-0.4, -0.2) is 10.9 Å². The van der Waals surface area contributed by atoms with E-state index in [9.17, 15) is 5.11 Å². The van der Waals surface area contributed by atoms with E-state index in [-0.39, 0.29) is 0 Å². The third-order valence-electron chi connectivity index (χ3n) is 3.00. The molecule has 0 atom stereocenters. The van der Waals surface area contributed by atoms with E-state index in [4.69, 9.17) is 0 Å². The minimum atomic E-state index is 0.417. The number of rotatable bonds is 3. The minimum Gasteiger partial charge on any atom is -0.507 e. The lowest BCUT2D eigenvalue weighted by Crippen LogP contribution is -2.27. The maximum atomic E-state index is 9.58. The van der Waals surface area contributed by atoms with Crippen molar-refractivity contribution >= 4 is 11.8 Å². The summed E-state index contributed by atoms with van der Waals surface area (Å²) in [6.07, 6.45) is 4.05. The maximum Gasteiger partial charge on any atom is 0.129 e. The molecular formula is C12H16OS. The van der Waals surface area contributed by atoms with Crippen molar-refractivity contribution in [3.63, 3.8) is 0 Å². The molecule has 1 aliphatic carbocycles. The summed E-state index contributed by atoms with van der Waals surface area (Å²) < 4.78 is 0. The number of aromatic hydroxyl groups is 1. The number of hydrogen-bond donors (Lipinski definition) is 1.